The molecule has 1 aromatic carbocycles. The van der Waals surface area contributed by atoms with Gasteiger partial charge in [0.15, 0.2) is 11.6 Å². The Morgan fingerprint density at radius 2 is 1.80 bits per heavy atom. The minimum Gasteiger partial charge on any atom is -0.496 e. The lowest BCUT2D eigenvalue weighted by Gasteiger charge is -2.11. The molecule has 4 heteroatoms. The van der Waals surface area contributed by atoms with E-state index in [1.165, 1.54) is 14.2 Å². The van der Waals surface area contributed by atoms with E-state index < -0.39 is 0 Å². The maximum atomic E-state index is 13.8. The summed E-state index contributed by atoms with van der Waals surface area (Å²) in [6, 6.07) is 3.28. The highest BCUT2D eigenvalue weighted by Gasteiger charge is 2.13. The van der Waals surface area contributed by atoms with Gasteiger partial charge >= 0.3 is 0 Å². The maximum Gasteiger partial charge on any atom is 0.171 e. The molecule has 0 saturated carbocycles. The van der Waals surface area contributed by atoms with Crippen molar-refractivity contribution in [3.8, 4) is 11.5 Å². The quantitative estimate of drug-likeness (QED) is 0.806. The van der Waals surface area contributed by atoms with Crippen LogP contribution in [0.15, 0.2) is 12.1 Å². The Bertz CT molecular complexity index is 329. The van der Waals surface area contributed by atoms with Gasteiger partial charge in [-0.3, -0.25) is 0 Å². The number of hydrogen-bond donors (Lipinski definition) is 1. The van der Waals surface area contributed by atoms with Crippen molar-refractivity contribution in [2.45, 2.75) is 6.42 Å². The highest BCUT2D eigenvalue weighted by molar-refractivity contribution is 5.42. The minimum atomic E-state index is -0.341. The van der Waals surface area contributed by atoms with Gasteiger partial charge < -0.3 is 14.8 Å². The van der Waals surface area contributed by atoms with E-state index in [-0.39, 0.29) is 11.6 Å². The molecular formula is C11H16FNO2. The summed E-state index contributed by atoms with van der Waals surface area (Å²) in [5.41, 5.74) is 0.547. The number of likely N-dealkylation sites (N-methyl/N-ethyl adjacent to an activating group) is 1. The molecule has 0 unspecified atom stereocenters. The first kappa shape index (κ1) is 11.8. The molecule has 0 atom stereocenters. The van der Waals surface area contributed by atoms with Crippen LogP contribution in [0.5, 0.6) is 11.5 Å². The van der Waals surface area contributed by atoms with Crippen LogP contribution < -0.4 is 14.8 Å². The Balaban J connectivity index is 3.05. The standard InChI is InChI=1S/C11H16FNO2/c1-13-7-6-8-9(14-2)4-5-10(15-3)11(8)12/h4-5,13H,6-7H2,1-3H3. The highest BCUT2D eigenvalue weighted by Crippen LogP contribution is 2.28. The molecule has 15 heavy (non-hydrogen) atoms. The Morgan fingerprint density at radius 3 is 2.33 bits per heavy atom. The Labute approximate surface area is 89.2 Å². The molecule has 0 saturated heterocycles. The zero-order valence-corrected chi connectivity index (χ0v) is 9.26. The summed E-state index contributed by atoms with van der Waals surface area (Å²) < 4.78 is 23.8. The number of nitrogens with one attached hydrogen (secondary N) is 1. The third-order valence-electron chi connectivity index (χ3n) is 2.23. The van der Waals surface area contributed by atoms with E-state index in [9.17, 15) is 4.39 Å². The van der Waals surface area contributed by atoms with Crippen molar-refractivity contribution in [1.82, 2.24) is 5.32 Å². The molecule has 0 bridgehead atoms. The molecule has 0 aliphatic carbocycles. The van der Waals surface area contributed by atoms with Crippen molar-refractivity contribution in [3.05, 3.63) is 23.5 Å². The fourth-order valence-corrected chi connectivity index (χ4v) is 1.41. The lowest BCUT2D eigenvalue weighted by Crippen LogP contribution is -2.12. The topological polar surface area (TPSA) is 30.5 Å². The van der Waals surface area contributed by atoms with Crippen molar-refractivity contribution in [2.24, 2.45) is 0 Å². The first-order valence-electron chi connectivity index (χ1n) is 4.78. The number of benzene rings is 1. The molecule has 0 spiro atoms. The van der Waals surface area contributed by atoms with Crippen molar-refractivity contribution < 1.29 is 13.9 Å². The average Bonchev–Trinajstić information content (AvgIpc) is 2.27. The Morgan fingerprint density at radius 1 is 1.20 bits per heavy atom. The fourth-order valence-electron chi connectivity index (χ4n) is 1.41. The average molecular weight is 213 g/mol. The molecule has 1 aromatic rings. The van der Waals surface area contributed by atoms with Gasteiger partial charge in [0, 0.05) is 5.56 Å². The van der Waals surface area contributed by atoms with Crippen LogP contribution in [0.3, 0.4) is 0 Å². The number of hydrogen-bond acceptors (Lipinski definition) is 3. The second-order valence-electron chi connectivity index (χ2n) is 3.12. The third kappa shape index (κ3) is 2.59. The molecule has 0 aromatic heterocycles. The van der Waals surface area contributed by atoms with Gasteiger partial charge in [0.05, 0.1) is 14.2 Å². The van der Waals surface area contributed by atoms with E-state index in [1.54, 1.807) is 12.1 Å². The Kier molecular flexibility index (Phi) is 4.37. The first-order chi connectivity index (χ1) is 7.24. The zero-order valence-electron chi connectivity index (χ0n) is 9.26. The lowest BCUT2D eigenvalue weighted by molar-refractivity contribution is 0.371. The SMILES string of the molecule is CNCCc1c(OC)ccc(OC)c1F. The van der Waals surface area contributed by atoms with Crippen LogP contribution in [0.2, 0.25) is 0 Å². The van der Waals surface area contributed by atoms with Gasteiger partial charge in [-0.05, 0) is 32.1 Å². The molecule has 0 amide bonds. The van der Waals surface area contributed by atoms with Gasteiger partial charge in [-0.15, -0.1) is 0 Å². The predicted molar refractivity (Wildman–Crippen MR) is 57.1 cm³/mol. The van der Waals surface area contributed by atoms with E-state index in [2.05, 4.69) is 5.32 Å². The maximum absolute atomic E-state index is 13.8. The van der Waals surface area contributed by atoms with Crippen LogP contribution in [0.25, 0.3) is 0 Å². The van der Waals surface area contributed by atoms with Crippen LogP contribution in [0, 0.1) is 5.82 Å². The van der Waals surface area contributed by atoms with E-state index in [1.807, 2.05) is 7.05 Å². The molecule has 0 aliphatic heterocycles. The number of ether oxygens (including phenoxy) is 2. The fraction of sp³-hybridized carbons (Fsp3) is 0.455. The van der Waals surface area contributed by atoms with Crippen LogP contribution in [-0.4, -0.2) is 27.8 Å². The molecule has 84 valence electrons. The number of halogens is 1. The van der Waals surface area contributed by atoms with E-state index in [0.717, 1.165) is 0 Å². The van der Waals surface area contributed by atoms with E-state index in [0.29, 0.717) is 24.3 Å². The normalized spacial score (nSPS) is 10.1. The van der Waals surface area contributed by atoms with Crippen LogP contribution in [0.1, 0.15) is 5.56 Å². The summed E-state index contributed by atoms with van der Waals surface area (Å²) in [6.45, 7) is 0.695. The van der Waals surface area contributed by atoms with E-state index >= 15 is 0 Å². The number of methoxy groups -OCH3 is 2. The lowest BCUT2D eigenvalue weighted by atomic mass is 10.1. The molecule has 0 radical (unpaired) electrons. The Hall–Kier alpha value is -1.29. The highest BCUT2D eigenvalue weighted by atomic mass is 19.1. The zero-order chi connectivity index (χ0) is 11.3. The van der Waals surface area contributed by atoms with Crippen LogP contribution in [0.4, 0.5) is 4.39 Å². The summed E-state index contributed by atoms with van der Waals surface area (Å²) in [7, 11) is 4.81. The van der Waals surface area contributed by atoms with E-state index in [4.69, 9.17) is 9.47 Å². The van der Waals surface area contributed by atoms with Gasteiger partial charge in [0.2, 0.25) is 0 Å². The molecule has 0 aliphatic rings. The van der Waals surface area contributed by atoms with Gasteiger partial charge in [-0.25, -0.2) is 4.39 Å². The van der Waals surface area contributed by atoms with Gasteiger partial charge in [0.1, 0.15) is 5.75 Å². The van der Waals surface area contributed by atoms with Crippen LogP contribution in [-0.2, 0) is 6.42 Å². The summed E-state index contributed by atoms with van der Waals surface area (Å²) in [5.74, 6) is 0.470. The molecular weight excluding hydrogens is 197 g/mol. The first-order valence-corrected chi connectivity index (χ1v) is 4.78. The van der Waals surface area contributed by atoms with Crippen molar-refractivity contribution in [1.29, 1.82) is 0 Å². The molecule has 1 N–H and O–H groups in total. The van der Waals surface area contributed by atoms with Crippen molar-refractivity contribution >= 4 is 0 Å². The minimum absolute atomic E-state index is 0.252. The molecule has 3 nitrogen and oxygen atoms in total. The molecule has 1 rings (SSSR count). The van der Waals surface area contributed by atoms with Crippen LogP contribution >= 0.6 is 0 Å². The molecule has 0 fully saturated rings. The third-order valence-corrected chi connectivity index (χ3v) is 2.23. The van der Waals surface area contributed by atoms with Crippen molar-refractivity contribution in [3.63, 3.8) is 0 Å². The summed E-state index contributed by atoms with van der Waals surface area (Å²) in [6.07, 6.45) is 0.572. The summed E-state index contributed by atoms with van der Waals surface area (Å²) in [4.78, 5) is 0. The second kappa shape index (κ2) is 5.56. The summed E-state index contributed by atoms with van der Waals surface area (Å²) in [5, 5.41) is 2.97. The monoisotopic (exact) mass is 213 g/mol. The largest absolute Gasteiger partial charge is 0.496 e. The number of rotatable bonds is 5. The molecule has 0 heterocycles. The smallest absolute Gasteiger partial charge is 0.171 e. The van der Waals surface area contributed by atoms with Gasteiger partial charge in [0.25, 0.3) is 0 Å². The van der Waals surface area contributed by atoms with Gasteiger partial charge in [-0.1, -0.05) is 0 Å². The van der Waals surface area contributed by atoms with Gasteiger partial charge in [-0.2, -0.15) is 0 Å². The predicted octanol–water partition coefficient (Wildman–Crippen LogP) is 1.60. The second-order valence-corrected chi connectivity index (χ2v) is 3.12. The van der Waals surface area contributed by atoms with Crippen molar-refractivity contribution in [2.75, 3.05) is 27.8 Å². The summed E-state index contributed by atoms with van der Waals surface area (Å²) >= 11 is 0.